The Labute approximate surface area is 95.4 Å². The third-order valence-electron chi connectivity index (χ3n) is 3.15. The Morgan fingerprint density at radius 3 is 2.81 bits per heavy atom. The van der Waals surface area contributed by atoms with Crippen LogP contribution in [0.25, 0.3) is 0 Å². The summed E-state index contributed by atoms with van der Waals surface area (Å²) >= 11 is 0. The van der Waals surface area contributed by atoms with Gasteiger partial charge in [0.15, 0.2) is 5.82 Å². The molecule has 0 aromatic carbocycles. The van der Waals surface area contributed by atoms with Crippen molar-refractivity contribution in [3.63, 3.8) is 0 Å². The third-order valence-corrected chi connectivity index (χ3v) is 3.15. The molecule has 1 saturated carbocycles. The molecule has 1 aromatic heterocycles. The number of aromatic nitrogens is 2. The Bertz CT molecular complexity index is 354. The highest BCUT2D eigenvalue weighted by Crippen LogP contribution is 2.30. The maximum absolute atomic E-state index is 10.8. The van der Waals surface area contributed by atoms with Gasteiger partial charge in [-0.2, -0.15) is 4.98 Å². The van der Waals surface area contributed by atoms with Gasteiger partial charge < -0.3 is 9.32 Å². The van der Waals surface area contributed by atoms with Gasteiger partial charge in [-0.05, 0) is 19.8 Å². The molecule has 0 saturated heterocycles. The summed E-state index contributed by atoms with van der Waals surface area (Å²) < 4.78 is 5.15. The first-order valence-corrected chi connectivity index (χ1v) is 6.07. The van der Waals surface area contributed by atoms with E-state index in [0.29, 0.717) is 24.7 Å². The lowest BCUT2D eigenvalue weighted by Gasteiger charge is -2.17. The van der Waals surface area contributed by atoms with Crippen molar-refractivity contribution in [1.82, 2.24) is 10.1 Å². The van der Waals surface area contributed by atoms with Gasteiger partial charge in [-0.25, -0.2) is 0 Å². The average Bonchev–Trinajstić information content (AvgIpc) is 2.76. The summed E-state index contributed by atoms with van der Waals surface area (Å²) in [6, 6.07) is 0. The van der Waals surface area contributed by atoms with Crippen molar-refractivity contribution >= 4 is 5.78 Å². The first-order valence-electron chi connectivity index (χ1n) is 6.07. The van der Waals surface area contributed by atoms with E-state index in [1.54, 1.807) is 6.92 Å². The molecule has 16 heavy (non-hydrogen) atoms. The minimum atomic E-state index is 0.164. The zero-order valence-electron chi connectivity index (χ0n) is 9.74. The summed E-state index contributed by atoms with van der Waals surface area (Å²) in [7, 11) is 0. The van der Waals surface area contributed by atoms with Crippen LogP contribution in [0, 0.1) is 0 Å². The van der Waals surface area contributed by atoms with Gasteiger partial charge >= 0.3 is 0 Å². The summed E-state index contributed by atoms with van der Waals surface area (Å²) in [6.07, 6.45) is 7.27. The average molecular weight is 222 g/mol. The normalized spacial score (nSPS) is 17.6. The van der Waals surface area contributed by atoms with Crippen LogP contribution in [0.5, 0.6) is 0 Å². The second-order valence-electron chi connectivity index (χ2n) is 4.58. The molecule has 2 rings (SSSR count). The topological polar surface area (TPSA) is 56.0 Å². The van der Waals surface area contributed by atoms with E-state index in [-0.39, 0.29) is 5.78 Å². The molecule has 0 bridgehead atoms. The minimum Gasteiger partial charge on any atom is -0.339 e. The Balaban J connectivity index is 1.93. The molecule has 0 N–H and O–H groups in total. The lowest BCUT2D eigenvalue weighted by Crippen LogP contribution is -2.06. The van der Waals surface area contributed by atoms with Crippen LogP contribution < -0.4 is 0 Å². The van der Waals surface area contributed by atoms with Crippen LogP contribution in [0.1, 0.15) is 63.1 Å². The number of nitrogens with zero attached hydrogens (tertiary/aromatic N) is 2. The number of rotatable bonds is 4. The molecule has 1 fully saturated rings. The maximum Gasteiger partial charge on any atom is 0.227 e. The van der Waals surface area contributed by atoms with Crippen LogP contribution in [0.15, 0.2) is 4.52 Å². The zero-order valence-corrected chi connectivity index (χ0v) is 9.74. The molecule has 0 spiro atoms. The SMILES string of the molecule is CC(=O)CCc1nc(C2CCCCC2)no1. The van der Waals surface area contributed by atoms with Crippen molar-refractivity contribution in [3.8, 4) is 0 Å². The summed E-state index contributed by atoms with van der Waals surface area (Å²) in [5.41, 5.74) is 0. The number of carbonyl (C=O) groups excluding carboxylic acids is 1. The maximum atomic E-state index is 10.8. The molecule has 4 nitrogen and oxygen atoms in total. The first kappa shape index (κ1) is 11.3. The van der Waals surface area contributed by atoms with E-state index in [2.05, 4.69) is 10.1 Å². The number of hydrogen-bond acceptors (Lipinski definition) is 4. The van der Waals surface area contributed by atoms with Crippen molar-refractivity contribution in [3.05, 3.63) is 11.7 Å². The van der Waals surface area contributed by atoms with Gasteiger partial charge in [0.05, 0.1) is 0 Å². The standard InChI is InChI=1S/C12H18N2O2/c1-9(15)7-8-11-13-12(14-16-11)10-5-3-2-4-6-10/h10H,2-8H2,1H3. The van der Waals surface area contributed by atoms with E-state index in [0.717, 1.165) is 5.82 Å². The molecule has 1 aliphatic carbocycles. The van der Waals surface area contributed by atoms with Crippen LogP contribution in [0.4, 0.5) is 0 Å². The molecule has 0 amide bonds. The van der Waals surface area contributed by atoms with E-state index in [1.807, 2.05) is 0 Å². The van der Waals surface area contributed by atoms with E-state index >= 15 is 0 Å². The summed E-state index contributed by atoms with van der Waals surface area (Å²) in [5, 5.41) is 4.02. The molecule has 0 atom stereocenters. The van der Waals surface area contributed by atoms with Gasteiger partial charge in [-0.1, -0.05) is 24.4 Å². The third kappa shape index (κ3) is 2.90. The van der Waals surface area contributed by atoms with Crippen LogP contribution in [0.2, 0.25) is 0 Å². The van der Waals surface area contributed by atoms with Gasteiger partial charge in [-0.3, -0.25) is 0 Å². The molecule has 0 aliphatic heterocycles. The molecule has 88 valence electrons. The molecular weight excluding hydrogens is 204 g/mol. The highest BCUT2D eigenvalue weighted by atomic mass is 16.5. The second kappa shape index (κ2) is 5.23. The lowest BCUT2D eigenvalue weighted by molar-refractivity contribution is -0.117. The Morgan fingerprint density at radius 1 is 1.38 bits per heavy atom. The molecular formula is C12H18N2O2. The number of Topliss-reactive ketones (excluding diaryl/α,β-unsaturated/α-hetero) is 1. The predicted octanol–water partition coefficient (Wildman–Crippen LogP) is 2.64. The van der Waals surface area contributed by atoms with Gasteiger partial charge in [0.2, 0.25) is 5.89 Å². The highest BCUT2D eigenvalue weighted by Gasteiger charge is 2.20. The van der Waals surface area contributed by atoms with Crippen molar-refractivity contribution in [2.75, 3.05) is 0 Å². The fourth-order valence-electron chi connectivity index (χ4n) is 2.18. The Kier molecular flexibility index (Phi) is 3.70. The van der Waals surface area contributed by atoms with Crippen molar-refractivity contribution in [2.24, 2.45) is 0 Å². The van der Waals surface area contributed by atoms with Crippen LogP contribution in [-0.2, 0) is 11.2 Å². The second-order valence-corrected chi connectivity index (χ2v) is 4.58. The van der Waals surface area contributed by atoms with E-state index in [9.17, 15) is 4.79 Å². The number of aryl methyl sites for hydroxylation is 1. The van der Waals surface area contributed by atoms with Crippen LogP contribution in [-0.4, -0.2) is 15.9 Å². The first-order chi connectivity index (χ1) is 7.75. The Hall–Kier alpha value is -1.19. The molecule has 0 radical (unpaired) electrons. The van der Waals surface area contributed by atoms with Gasteiger partial charge in [0.1, 0.15) is 5.78 Å². The number of hydrogen-bond donors (Lipinski definition) is 0. The smallest absolute Gasteiger partial charge is 0.227 e. The van der Waals surface area contributed by atoms with Crippen molar-refractivity contribution in [2.45, 2.75) is 57.8 Å². The van der Waals surface area contributed by atoms with Crippen LogP contribution >= 0.6 is 0 Å². The summed E-state index contributed by atoms with van der Waals surface area (Å²) in [5.74, 6) is 2.09. The van der Waals surface area contributed by atoms with Gasteiger partial charge in [-0.15, -0.1) is 0 Å². The Morgan fingerprint density at radius 2 is 2.12 bits per heavy atom. The predicted molar refractivity (Wildman–Crippen MR) is 59.1 cm³/mol. The fourth-order valence-corrected chi connectivity index (χ4v) is 2.18. The van der Waals surface area contributed by atoms with Crippen molar-refractivity contribution in [1.29, 1.82) is 0 Å². The largest absolute Gasteiger partial charge is 0.339 e. The molecule has 1 aliphatic rings. The van der Waals surface area contributed by atoms with Gasteiger partial charge in [0.25, 0.3) is 0 Å². The summed E-state index contributed by atoms with van der Waals surface area (Å²) in [6.45, 7) is 1.58. The van der Waals surface area contributed by atoms with Crippen molar-refractivity contribution < 1.29 is 9.32 Å². The lowest BCUT2D eigenvalue weighted by atomic mass is 9.89. The zero-order chi connectivity index (χ0) is 11.4. The minimum absolute atomic E-state index is 0.164. The van der Waals surface area contributed by atoms with Crippen LogP contribution in [0.3, 0.4) is 0 Å². The monoisotopic (exact) mass is 222 g/mol. The van der Waals surface area contributed by atoms with E-state index in [4.69, 9.17) is 4.52 Å². The summed E-state index contributed by atoms with van der Waals surface area (Å²) in [4.78, 5) is 15.2. The van der Waals surface area contributed by atoms with E-state index < -0.39 is 0 Å². The molecule has 4 heteroatoms. The van der Waals surface area contributed by atoms with E-state index in [1.165, 1.54) is 32.1 Å². The molecule has 1 heterocycles. The number of ketones is 1. The fraction of sp³-hybridized carbons (Fsp3) is 0.750. The highest BCUT2D eigenvalue weighted by molar-refractivity contribution is 5.75. The quantitative estimate of drug-likeness (QED) is 0.785. The molecule has 1 aromatic rings. The molecule has 0 unspecified atom stereocenters. The number of carbonyl (C=O) groups is 1. The van der Waals surface area contributed by atoms with Gasteiger partial charge in [0, 0.05) is 18.8 Å².